The first-order chi connectivity index (χ1) is 13.6. The van der Waals surface area contributed by atoms with Crippen LogP contribution >= 0.6 is 0 Å². The Hall–Kier alpha value is -3.13. The van der Waals surface area contributed by atoms with Gasteiger partial charge in [0.15, 0.2) is 17.1 Å². The van der Waals surface area contributed by atoms with E-state index in [4.69, 9.17) is 14.2 Å². The Balaban J connectivity index is 1.94. The topological polar surface area (TPSA) is 65.0 Å². The zero-order chi connectivity index (χ0) is 21.3. The van der Waals surface area contributed by atoms with Gasteiger partial charge in [-0.2, -0.15) is 0 Å². The summed E-state index contributed by atoms with van der Waals surface area (Å²) in [5.41, 5.74) is 3.74. The number of phenolic OH excluding ortho intramolecular Hbond substituents is 1. The fourth-order valence-corrected chi connectivity index (χ4v) is 3.53. The first-order valence-electron chi connectivity index (χ1n) is 9.55. The van der Waals surface area contributed by atoms with Gasteiger partial charge in [0.1, 0.15) is 11.5 Å². The number of rotatable bonds is 2. The molecule has 0 saturated carbocycles. The van der Waals surface area contributed by atoms with E-state index in [-0.39, 0.29) is 0 Å². The van der Waals surface area contributed by atoms with Gasteiger partial charge >= 0.3 is 5.97 Å². The molecule has 2 aromatic carbocycles. The van der Waals surface area contributed by atoms with Gasteiger partial charge in [-0.25, -0.2) is 0 Å². The third kappa shape index (κ3) is 4.02. The summed E-state index contributed by atoms with van der Waals surface area (Å²) in [5.74, 6) is 7.93. The van der Waals surface area contributed by atoms with Gasteiger partial charge in [0.2, 0.25) is 0 Å². The van der Waals surface area contributed by atoms with E-state index in [1.54, 1.807) is 12.1 Å². The predicted molar refractivity (Wildman–Crippen MR) is 111 cm³/mol. The van der Waals surface area contributed by atoms with Crippen LogP contribution in [0.2, 0.25) is 0 Å². The van der Waals surface area contributed by atoms with E-state index in [1.165, 1.54) is 14.0 Å². The smallest absolute Gasteiger partial charge is 0.308 e. The molecule has 2 aromatic rings. The highest BCUT2D eigenvalue weighted by Crippen LogP contribution is 2.43. The van der Waals surface area contributed by atoms with Crippen molar-refractivity contribution < 1.29 is 24.1 Å². The number of hydrogen-bond donors (Lipinski definition) is 1. The van der Waals surface area contributed by atoms with Crippen LogP contribution in [0.5, 0.6) is 23.0 Å². The van der Waals surface area contributed by atoms with E-state index in [9.17, 15) is 9.90 Å². The van der Waals surface area contributed by atoms with E-state index in [0.29, 0.717) is 29.2 Å². The number of aromatic hydroxyl groups is 1. The van der Waals surface area contributed by atoms with Crippen LogP contribution < -0.4 is 14.2 Å². The van der Waals surface area contributed by atoms with Gasteiger partial charge < -0.3 is 19.3 Å². The maximum atomic E-state index is 11.3. The van der Waals surface area contributed by atoms with Crippen LogP contribution in [-0.4, -0.2) is 23.8 Å². The number of fused-ring (bicyclic) bond motifs is 1. The fraction of sp³-hybridized carbons (Fsp3) is 0.375. The van der Waals surface area contributed by atoms with Crippen LogP contribution in [0.1, 0.15) is 48.1 Å². The lowest BCUT2D eigenvalue weighted by Crippen LogP contribution is -2.35. The maximum absolute atomic E-state index is 11.3. The SMILES string of the molecule is COc1ccc(C#CC2(C)CCc3c(C)c(O)c(C)c(C)c3O2)cc1OC(C)=O. The predicted octanol–water partition coefficient (Wildman–Crippen LogP) is 4.39. The average molecular weight is 394 g/mol. The van der Waals surface area contributed by atoms with E-state index in [1.807, 2.05) is 33.8 Å². The summed E-state index contributed by atoms with van der Waals surface area (Å²) in [6.07, 6.45) is 1.49. The highest BCUT2D eigenvalue weighted by Gasteiger charge is 2.33. The van der Waals surface area contributed by atoms with E-state index in [2.05, 4.69) is 11.8 Å². The van der Waals surface area contributed by atoms with E-state index in [0.717, 1.165) is 34.4 Å². The molecule has 0 bridgehead atoms. The Morgan fingerprint density at radius 3 is 2.55 bits per heavy atom. The van der Waals surface area contributed by atoms with Gasteiger partial charge in [0, 0.05) is 30.5 Å². The lowest BCUT2D eigenvalue weighted by Gasteiger charge is -2.34. The van der Waals surface area contributed by atoms with Crippen molar-refractivity contribution in [1.82, 2.24) is 0 Å². The molecule has 0 amide bonds. The highest BCUT2D eigenvalue weighted by atomic mass is 16.6. The third-order valence-electron chi connectivity index (χ3n) is 5.41. The summed E-state index contributed by atoms with van der Waals surface area (Å²) in [4.78, 5) is 11.3. The summed E-state index contributed by atoms with van der Waals surface area (Å²) in [5, 5.41) is 10.3. The molecule has 1 heterocycles. The van der Waals surface area contributed by atoms with Crippen molar-refractivity contribution >= 4 is 5.97 Å². The second kappa shape index (κ2) is 7.71. The van der Waals surface area contributed by atoms with Crippen LogP contribution in [0.3, 0.4) is 0 Å². The second-order valence-electron chi connectivity index (χ2n) is 7.57. The number of benzene rings is 2. The van der Waals surface area contributed by atoms with Crippen molar-refractivity contribution in [2.75, 3.05) is 7.11 Å². The van der Waals surface area contributed by atoms with Crippen LogP contribution in [-0.2, 0) is 11.2 Å². The standard InChI is InChI=1S/C24H26O5/c1-14-15(2)23-19(16(3)22(14)26)10-12-24(5,29-23)11-9-18-7-8-20(27-6)21(13-18)28-17(4)25/h7-8,13,26H,10,12H2,1-6H3. The summed E-state index contributed by atoms with van der Waals surface area (Å²) in [6, 6.07) is 5.22. The molecule has 1 unspecified atom stereocenters. The van der Waals surface area contributed by atoms with E-state index >= 15 is 0 Å². The van der Waals surface area contributed by atoms with Gasteiger partial charge in [0.25, 0.3) is 0 Å². The van der Waals surface area contributed by atoms with Crippen molar-refractivity contribution in [2.24, 2.45) is 0 Å². The van der Waals surface area contributed by atoms with Crippen molar-refractivity contribution in [3.05, 3.63) is 46.0 Å². The zero-order valence-corrected chi connectivity index (χ0v) is 17.7. The third-order valence-corrected chi connectivity index (χ3v) is 5.41. The molecule has 5 nitrogen and oxygen atoms in total. The van der Waals surface area contributed by atoms with Gasteiger partial charge in [0.05, 0.1) is 7.11 Å². The molecular formula is C24H26O5. The Kier molecular flexibility index (Phi) is 5.48. The Morgan fingerprint density at radius 2 is 1.90 bits per heavy atom. The second-order valence-corrected chi connectivity index (χ2v) is 7.57. The Bertz CT molecular complexity index is 1040. The molecule has 0 aromatic heterocycles. The zero-order valence-electron chi connectivity index (χ0n) is 17.7. The molecular weight excluding hydrogens is 368 g/mol. The van der Waals surface area contributed by atoms with Gasteiger partial charge in [-0.1, -0.05) is 11.8 Å². The summed E-state index contributed by atoms with van der Waals surface area (Å²) >= 11 is 0. The molecule has 1 N–H and O–H groups in total. The summed E-state index contributed by atoms with van der Waals surface area (Å²) in [6.45, 7) is 9.09. The molecule has 5 heteroatoms. The van der Waals surface area contributed by atoms with Crippen molar-refractivity contribution in [3.8, 4) is 34.8 Å². The minimum atomic E-state index is -0.658. The van der Waals surface area contributed by atoms with Crippen molar-refractivity contribution in [1.29, 1.82) is 0 Å². The number of ether oxygens (including phenoxy) is 3. The van der Waals surface area contributed by atoms with Crippen LogP contribution in [0.25, 0.3) is 0 Å². The highest BCUT2D eigenvalue weighted by molar-refractivity contribution is 5.70. The lowest BCUT2D eigenvalue weighted by molar-refractivity contribution is -0.132. The molecule has 152 valence electrons. The van der Waals surface area contributed by atoms with Crippen LogP contribution in [0, 0.1) is 32.6 Å². The fourth-order valence-electron chi connectivity index (χ4n) is 3.53. The molecule has 29 heavy (non-hydrogen) atoms. The Labute approximate surface area is 171 Å². The Morgan fingerprint density at radius 1 is 1.17 bits per heavy atom. The number of methoxy groups -OCH3 is 1. The molecule has 3 rings (SSSR count). The maximum Gasteiger partial charge on any atom is 0.308 e. The molecule has 1 aliphatic rings. The normalized spacial score (nSPS) is 17.4. The average Bonchev–Trinajstić information content (AvgIpc) is 2.69. The molecule has 0 fully saturated rings. The van der Waals surface area contributed by atoms with Crippen LogP contribution in [0.15, 0.2) is 18.2 Å². The minimum Gasteiger partial charge on any atom is -0.507 e. The minimum absolute atomic E-state index is 0.337. The molecule has 0 saturated heterocycles. The van der Waals surface area contributed by atoms with Gasteiger partial charge in [-0.15, -0.1) is 0 Å². The van der Waals surface area contributed by atoms with Crippen molar-refractivity contribution in [2.45, 2.75) is 53.1 Å². The summed E-state index contributed by atoms with van der Waals surface area (Å²) in [7, 11) is 1.52. The number of esters is 1. The quantitative estimate of drug-likeness (QED) is 0.465. The summed E-state index contributed by atoms with van der Waals surface area (Å²) < 4.78 is 16.8. The molecule has 0 radical (unpaired) electrons. The monoisotopic (exact) mass is 394 g/mol. The number of carbonyl (C=O) groups is 1. The number of phenols is 1. The first kappa shape index (κ1) is 20.6. The van der Waals surface area contributed by atoms with E-state index < -0.39 is 11.6 Å². The largest absolute Gasteiger partial charge is 0.507 e. The van der Waals surface area contributed by atoms with Gasteiger partial charge in [-0.05, 0) is 62.9 Å². The molecule has 0 spiro atoms. The number of hydrogen-bond acceptors (Lipinski definition) is 5. The first-order valence-corrected chi connectivity index (χ1v) is 9.55. The molecule has 1 aliphatic heterocycles. The molecule has 1 atom stereocenters. The molecule has 0 aliphatic carbocycles. The van der Waals surface area contributed by atoms with Gasteiger partial charge in [-0.3, -0.25) is 4.79 Å². The van der Waals surface area contributed by atoms with Crippen LogP contribution in [0.4, 0.5) is 0 Å². The number of carbonyl (C=O) groups excluding carboxylic acids is 1. The van der Waals surface area contributed by atoms with Crippen molar-refractivity contribution in [3.63, 3.8) is 0 Å². The lowest BCUT2D eigenvalue weighted by atomic mass is 9.87.